The lowest BCUT2D eigenvalue weighted by Gasteiger charge is -2.06. The van der Waals surface area contributed by atoms with E-state index in [4.69, 9.17) is 13.8 Å². The average molecular weight is 313 g/mol. The number of rotatable bonds is 8. The highest BCUT2D eigenvalue weighted by molar-refractivity contribution is 5.53. The highest BCUT2D eigenvalue weighted by atomic mass is 16.5. The Balaban J connectivity index is 1.34. The van der Waals surface area contributed by atoms with E-state index < -0.39 is 0 Å². The van der Waals surface area contributed by atoms with Crippen molar-refractivity contribution in [3.05, 3.63) is 48.1 Å². The van der Waals surface area contributed by atoms with Gasteiger partial charge in [0.1, 0.15) is 11.5 Å². The summed E-state index contributed by atoms with van der Waals surface area (Å²) >= 11 is 0. The zero-order chi connectivity index (χ0) is 15.9. The maximum absolute atomic E-state index is 5.73. The lowest BCUT2D eigenvalue weighted by atomic mass is 10.1. The van der Waals surface area contributed by atoms with Crippen LogP contribution in [0.5, 0.6) is 5.75 Å². The standard InChI is InChI=1S/C17H19N3O3/c1-13-11-16(22-20-13)5-3-2-4-10-21-15-8-6-14(7-9-15)17-18-12-19-23-17/h6-9,11-12H,2-5,10H2,1H3. The summed E-state index contributed by atoms with van der Waals surface area (Å²) in [5.74, 6) is 2.32. The van der Waals surface area contributed by atoms with Crippen LogP contribution in [0, 0.1) is 6.92 Å². The van der Waals surface area contributed by atoms with Crippen LogP contribution >= 0.6 is 0 Å². The van der Waals surface area contributed by atoms with E-state index in [0.717, 1.165) is 48.5 Å². The molecule has 3 aromatic rings. The second kappa shape index (κ2) is 7.58. The molecule has 0 aliphatic heterocycles. The maximum atomic E-state index is 5.73. The van der Waals surface area contributed by atoms with Crippen molar-refractivity contribution >= 4 is 0 Å². The summed E-state index contributed by atoms with van der Waals surface area (Å²) in [6.45, 7) is 2.64. The minimum absolute atomic E-state index is 0.513. The van der Waals surface area contributed by atoms with Gasteiger partial charge in [0.2, 0.25) is 0 Å². The Kier molecular flexibility index (Phi) is 5.03. The molecule has 0 atom stereocenters. The molecule has 3 rings (SSSR count). The smallest absolute Gasteiger partial charge is 0.257 e. The normalized spacial score (nSPS) is 10.8. The van der Waals surface area contributed by atoms with Gasteiger partial charge in [-0.1, -0.05) is 10.3 Å². The number of nitrogens with zero attached hydrogens (tertiary/aromatic N) is 3. The van der Waals surface area contributed by atoms with Crippen LogP contribution < -0.4 is 4.74 Å². The highest BCUT2D eigenvalue weighted by Gasteiger charge is 2.04. The lowest BCUT2D eigenvalue weighted by molar-refractivity contribution is 0.303. The molecular formula is C17H19N3O3. The van der Waals surface area contributed by atoms with Crippen LogP contribution in [0.4, 0.5) is 0 Å². The van der Waals surface area contributed by atoms with Crippen LogP contribution in [0.25, 0.3) is 11.5 Å². The van der Waals surface area contributed by atoms with E-state index in [9.17, 15) is 0 Å². The van der Waals surface area contributed by atoms with Crippen LogP contribution in [0.15, 0.2) is 45.7 Å². The van der Waals surface area contributed by atoms with E-state index in [1.165, 1.54) is 6.33 Å². The molecule has 6 heteroatoms. The quantitative estimate of drug-likeness (QED) is 0.588. The molecule has 0 saturated carbocycles. The zero-order valence-electron chi connectivity index (χ0n) is 13.1. The van der Waals surface area contributed by atoms with Crippen molar-refractivity contribution in [3.8, 4) is 17.2 Å². The molecule has 1 aromatic carbocycles. The largest absolute Gasteiger partial charge is 0.494 e. The summed E-state index contributed by atoms with van der Waals surface area (Å²) in [6.07, 6.45) is 5.51. The van der Waals surface area contributed by atoms with Crippen molar-refractivity contribution in [1.82, 2.24) is 15.3 Å². The number of hydrogen-bond acceptors (Lipinski definition) is 6. The lowest BCUT2D eigenvalue weighted by Crippen LogP contribution is -1.97. The molecule has 0 amide bonds. The predicted molar refractivity (Wildman–Crippen MR) is 84.0 cm³/mol. The number of ether oxygens (including phenoxy) is 1. The van der Waals surface area contributed by atoms with Crippen molar-refractivity contribution in [1.29, 1.82) is 0 Å². The molecule has 120 valence electrons. The van der Waals surface area contributed by atoms with Gasteiger partial charge in [0.05, 0.1) is 12.3 Å². The first kappa shape index (κ1) is 15.3. The van der Waals surface area contributed by atoms with Crippen molar-refractivity contribution in [2.45, 2.75) is 32.6 Å². The third kappa shape index (κ3) is 4.42. The fraction of sp³-hybridized carbons (Fsp3) is 0.353. The minimum Gasteiger partial charge on any atom is -0.494 e. The van der Waals surface area contributed by atoms with Gasteiger partial charge in [-0.25, -0.2) is 0 Å². The summed E-state index contributed by atoms with van der Waals surface area (Å²) in [5, 5.41) is 7.48. The first-order chi connectivity index (χ1) is 11.3. The van der Waals surface area contributed by atoms with E-state index in [2.05, 4.69) is 15.3 Å². The van der Waals surface area contributed by atoms with E-state index in [-0.39, 0.29) is 0 Å². The SMILES string of the molecule is Cc1cc(CCCCCOc2ccc(-c3ncno3)cc2)on1. The Hall–Kier alpha value is -2.63. The molecule has 0 N–H and O–H groups in total. The topological polar surface area (TPSA) is 74.2 Å². The number of benzene rings is 1. The zero-order valence-corrected chi connectivity index (χ0v) is 13.1. The van der Waals surface area contributed by atoms with E-state index in [0.29, 0.717) is 12.5 Å². The molecule has 0 spiro atoms. The summed E-state index contributed by atoms with van der Waals surface area (Å²) in [7, 11) is 0. The molecule has 0 unspecified atom stereocenters. The first-order valence-corrected chi connectivity index (χ1v) is 7.73. The van der Waals surface area contributed by atoms with E-state index >= 15 is 0 Å². The second-order valence-electron chi connectivity index (χ2n) is 5.36. The molecule has 2 aromatic heterocycles. The van der Waals surface area contributed by atoms with Gasteiger partial charge >= 0.3 is 0 Å². The van der Waals surface area contributed by atoms with Crippen LogP contribution in [0.2, 0.25) is 0 Å². The monoisotopic (exact) mass is 313 g/mol. The van der Waals surface area contributed by atoms with Gasteiger partial charge in [0.25, 0.3) is 5.89 Å². The predicted octanol–water partition coefficient (Wildman–Crippen LogP) is 3.82. The summed E-state index contributed by atoms with van der Waals surface area (Å²) in [4.78, 5) is 4.01. The van der Waals surface area contributed by atoms with Crippen LogP contribution in [-0.4, -0.2) is 21.9 Å². The fourth-order valence-corrected chi connectivity index (χ4v) is 2.30. The van der Waals surface area contributed by atoms with Crippen molar-refractivity contribution in [3.63, 3.8) is 0 Å². The number of hydrogen-bond donors (Lipinski definition) is 0. The van der Waals surface area contributed by atoms with Gasteiger partial charge < -0.3 is 13.8 Å². The van der Waals surface area contributed by atoms with Gasteiger partial charge in [0.15, 0.2) is 6.33 Å². The molecule has 23 heavy (non-hydrogen) atoms. The third-order valence-corrected chi connectivity index (χ3v) is 3.48. The summed E-state index contributed by atoms with van der Waals surface area (Å²) < 4.78 is 15.9. The van der Waals surface area contributed by atoms with Crippen LogP contribution in [-0.2, 0) is 6.42 Å². The Morgan fingerprint density at radius 2 is 1.91 bits per heavy atom. The van der Waals surface area contributed by atoms with Crippen LogP contribution in [0.1, 0.15) is 30.7 Å². The Morgan fingerprint density at radius 3 is 2.61 bits per heavy atom. The van der Waals surface area contributed by atoms with Crippen LogP contribution in [0.3, 0.4) is 0 Å². The minimum atomic E-state index is 0.513. The molecule has 0 bridgehead atoms. The molecule has 2 heterocycles. The van der Waals surface area contributed by atoms with Gasteiger partial charge in [-0.15, -0.1) is 0 Å². The molecule has 0 aliphatic rings. The number of aromatic nitrogens is 3. The van der Waals surface area contributed by atoms with E-state index in [1.54, 1.807) is 0 Å². The average Bonchev–Trinajstić information content (AvgIpc) is 3.23. The molecular weight excluding hydrogens is 294 g/mol. The summed E-state index contributed by atoms with van der Waals surface area (Å²) in [6, 6.07) is 9.64. The van der Waals surface area contributed by atoms with Gasteiger partial charge in [0, 0.05) is 18.1 Å². The Bertz CT molecular complexity index is 705. The van der Waals surface area contributed by atoms with Gasteiger partial charge in [-0.3, -0.25) is 0 Å². The van der Waals surface area contributed by atoms with Crippen molar-refractivity contribution < 1.29 is 13.8 Å². The Labute approximate surface area is 134 Å². The first-order valence-electron chi connectivity index (χ1n) is 7.73. The third-order valence-electron chi connectivity index (χ3n) is 3.48. The number of aryl methyl sites for hydroxylation is 2. The fourth-order valence-electron chi connectivity index (χ4n) is 2.30. The van der Waals surface area contributed by atoms with Gasteiger partial charge in [-0.2, -0.15) is 4.98 Å². The van der Waals surface area contributed by atoms with Crippen molar-refractivity contribution in [2.75, 3.05) is 6.61 Å². The second-order valence-corrected chi connectivity index (χ2v) is 5.36. The van der Waals surface area contributed by atoms with E-state index in [1.807, 2.05) is 37.3 Å². The molecule has 0 aliphatic carbocycles. The Morgan fingerprint density at radius 1 is 1.04 bits per heavy atom. The highest BCUT2D eigenvalue weighted by Crippen LogP contribution is 2.20. The maximum Gasteiger partial charge on any atom is 0.257 e. The molecule has 6 nitrogen and oxygen atoms in total. The molecule has 0 saturated heterocycles. The summed E-state index contributed by atoms with van der Waals surface area (Å²) in [5.41, 5.74) is 1.82. The van der Waals surface area contributed by atoms with Gasteiger partial charge in [-0.05, 0) is 50.5 Å². The molecule has 0 radical (unpaired) electrons. The van der Waals surface area contributed by atoms with Crippen molar-refractivity contribution in [2.24, 2.45) is 0 Å². The molecule has 0 fully saturated rings. The number of unbranched alkanes of at least 4 members (excludes halogenated alkanes) is 2.